The topological polar surface area (TPSA) is 63.1 Å². The van der Waals surface area contributed by atoms with Crippen molar-refractivity contribution >= 4 is 6.03 Å². The summed E-state index contributed by atoms with van der Waals surface area (Å²) in [5, 5.41) is 7.28. The van der Waals surface area contributed by atoms with Crippen molar-refractivity contribution in [3.05, 3.63) is 12.7 Å². The second-order valence-corrected chi connectivity index (χ2v) is 8.01. The quantitative estimate of drug-likeness (QED) is 0.906. The van der Waals surface area contributed by atoms with Gasteiger partial charge in [0.15, 0.2) is 0 Å². The molecule has 1 aromatic heterocycles. The maximum atomic E-state index is 12.3. The molecule has 0 spiro atoms. The summed E-state index contributed by atoms with van der Waals surface area (Å²) in [6, 6.07) is 0.301. The highest BCUT2D eigenvalue weighted by Crippen LogP contribution is 2.25. The standard InChI is InChI=1S/C17H31N5O/c1-14(10-17(2,3)4)7-8-19-16(23)21-9-5-6-15(11-21)22-13-18-12-20-22/h12-15H,5-11H2,1-4H3,(H,19,23)/t14-,15-/m0/s1. The zero-order chi connectivity index (χ0) is 16.9. The first-order valence-corrected chi connectivity index (χ1v) is 8.72. The highest BCUT2D eigenvalue weighted by molar-refractivity contribution is 5.74. The molecule has 6 heteroatoms. The lowest BCUT2D eigenvalue weighted by Gasteiger charge is -2.32. The minimum atomic E-state index is 0.0535. The van der Waals surface area contributed by atoms with Gasteiger partial charge >= 0.3 is 6.03 Å². The van der Waals surface area contributed by atoms with E-state index in [9.17, 15) is 4.79 Å². The number of rotatable bonds is 5. The van der Waals surface area contributed by atoms with Crippen LogP contribution in [0.3, 0.4) is 0 Å². The van der Waals surface area contributed by atoms with E-state index < -0.39 is 0 Å². The molecule has 0 unspecified atom stereocenters. The number of urea groups is 1. The molecule has 1 fully saturated rings. The first-order chi connectivity index (χ1) is 10.8. The average Bonchev–Trinajstić information content (AvgIpc) is 2.99. The third kappa shape index (κ3) is 5.84. The second kappa shape index (κ2) is 7.79. The fourth-order valence-corrected chi connectivity index (χ4v) is 3.45. The van der Waals surface area contributed by atoms with Crippen LogP contribution in [0.25, 0.3) is 0 Å². The first-order valence-electron chi connectivity index (χ1n) is 8.72. The van der Waals surface area contributed by atoms with Crippen molar-refractivity contribution in [1.82, 2.24) is 25.0 Å². The molecule has 0 aliphatic carbocycles. The Morgan fingerprint density at radius 1 is 1.43 bits per heavy atom. The van der Waals surface area contributed by atoms with Crippen molar-refractivity contribution in [3.63, 3.8) is 0 Å². The molecule has 6 nitrogen and oxygen atoms in total. The van der Waals surface area contributed by atoms with Crippen LogP contribution in [0, 0.1) is 11.3 Å². The van der Waals surface area contributed by atoms with Crippen LogP contribution in [0.2, 0.25) is 0 Å². The van der Waals surface area contributed by atoms with Crippen LogP contribution in [0.15, 0.2) is 12.7 Å². The van der Waals surface area contributed by atoms with Gasteiger partial charge in [0, 0.05) is 19.6 Å². The highest BCUT2D eigenvalue weighted by Gasteiger charge is 2.25. The Morgan fingerprint density at radius 2 is 2.22 bits per heavy atom. The number of hydrogen-bond acceptors (Lipinski definition) is 3. The van der Waals surface area contributed by atoms with E-state index in [-0.39, 0.29) is 12.1 Å². The van der Waals surface area contributed by atoms with Crippen LogP contribution in [0.4, 0.5) is 4.79 Å². The molecule has 0 saturated carbocycles. The monoisotopic (exact) mass is 321 g/mol. The zero-order valence-corrected chi connectivity index (χ0v) is 15.0. The predicted octanol–water partition coefficient (Wildman–Crippen LogP) is 3.09. The van der Waals surface area contributed by atoms with E-state index in [0.717, 1.165) is 32.4 Å². The summed E-state index contributed by atoms with van der Waals surface area (Å²) in [6.07, 6.45) is 7.56. The number of nitrogens with zero attached hydrogens (tertiary/aromatic N) is 4. The molecule has 1 aliphatic rings. The van der Waals surface area contributed by atoms with E-state index in [1.54, 1.807) is 12.7 Å². The van der Waals surface area contributed by atoms with E-state index in [0.29, 0.717) is 17.9 Å². The summed E-state index contributed by atoms with van der Waals surface area (Å²) >= 11 is 0. The lowest BCUT2D eigenvalue weighted by Crippen LogP contribution is -2.46. The molecule has 2 rings (SSSR count). The smallest absolute Gasteiger partial charge is 0.317 e. The van der Waals surface area contributed by atoms with E-state index in [1.165, 1.54) is 6.42 Å². The molecule has 1 aromatic rings. The molecule has 0 bridgehead atoms. The van der Waals surface area contributed by atoms with E-state index in [2.05, 4.69) is 43.1 Å². The van der Waals surface area contributed by atoms with Crippen molar-refractivity contribution in [3.8, 4) is 0 Å². The molecule has 130 valence electrons. The molecule has 1 N–H and O–H groups in total. The predicted molar refractivity (Wildman–Crippen MR) is 91.1 cm³/mol. The van der Waals surface area contributed by atoms with Gasteiger partial charge in [-0.3, -0.25) is 0 Å². The summed E-state index contributed by atoms with van der Waals surface area (Å²) in [7, 11) is 0. The molecule has 0 radical (unpaired) electrons. The number of nitrogens with one attached hydrogen (secondary N) is 1. The van der Waals surface area contributed by atoms with Crippen LogP contribution in [0.5, 0.6) is 0 Å². The average molecular weight is 321 g/mol. The SMILES string of the molecule is C[C@@H](CCNC(=O)N1CCC[C@H](n2cncn2)C1)CC(C)(C)C. The number of hydrogen-bond donors (Lipinski definition) is 1. The minimum Gasteiger partial charge on any atom is -0.338 e. The molecule has 23 heavy (non-hydrogen) atoms. The summed E-state index contributed by atoms with van der Waals surface area (Å²) in [5.41, 5.74) is 0.349. The van der Waals surface area contributed by atoms with Crippen LogP contribution < -0.4 is 5.32 Å². The van der Waals surface area contributed by atoms with Gasteiger partial charge in [-0.2, -0.15) is 5.10 Å². The summed E-state index contributed by atoms with van der Waals surface area (Å²) in [4.78, 5) is 18.3. The summed E-state index contributed by atoms with van der Waals surface area (Å²) < 4.78 is 1.87. The Morgan fingerprint density at radius 3 is 2.87 bits per heavy atom. The van der Waals surface area contributed by atoms with Gasteiger partial charge in [-0.15, -0.1) is 0 Å². The molecule has 1 aliphatic heterocycles. The van der Waals surface area contributed by atoms with Gasteiger partial charge < -0.3 is 10.2 Å². The van der Waals surface area contributed by atoms with Gasteiger partial charge in [0.05, 0.1) is 6.04 Å². The molecule has 0 aromatic carbocycles. The number of likely N-dealkylation sites (tertiary alicyclic amines) is 1. The van der Waals surface area contributed by atoms with Crippen molar-refractivity contribution in [2.24, 2.45) is 11.3 Å². The van der Waals surface area contributed by atoms with E-state index in [1.807, 2.05) is 9.58 Å². The largest absolute Gasteiger partial charge is 0.338 e. The van der Waals surface area contributed by atoms with Gasteiger partial charge in [-0.05, 0) is 37.0 Å². The van der Waals surface area contributed by atoms with E-state index in [4.69, 9.17) is 0 Å². The van der Waals surface area contributed by atoms with Crippen molar-refractivity contribution < 1.29 is 4.79 Å². The molecule has 2 heterocycles. The van der Waals surface area contributed by atoms with E-state index >= 15 is 0 Å². The van der Waals surface area contributed by atoms with Gasteiger partial charge in [0.25, 0.3) is 0 Å². The molecular formula is C17H31N5O. The fourth-order valence-electron chi connectivity index (χ4n) is 3.45. The maximum Gasteiger partial charge on any atom is 0.317 e. The number of aromatic nitrogens is 3. The number of amides is 2. The van der Waals surface area contributed by atoms with Crippen molar-refractivity contribution in [2.45, 2.75) is 59.4 Å². The molecule has 1 saturated heterocycles. The Hall–Kier alpha value is -1.59. The maximum absolute atomic E-state index is 12.3. The number of carbonyl (C=O) groups is 1. The molecule has 2 atom stereocenters. The fraction of sp³-hybridized carbons (Fsp3) is 0.824. The Balaban J connectivity index is 1.73. The lowest BCUT2D eigenvalue weighted by molar-refractivity contribution is 0.162. The van der Waals surface area contributed by atoms with Gasteiger partial charge in [0.2, 0.25) is 0 Å². The minimum absolute atomic E-state index is 0.0535. The second-order valence-electron chi connectivity index (χ2n) is 8.01. The van der Waals surface area contributed by atoms with Crippen LogP contribution >= 0.6 is 0 Å². The van der Waals surface area contributed by atoms with Crippen LogP contribution in [-0.2, 0) is 0 Å². The van der Waals surface area contributed by atoms with Crippen molar-refractivity contribution in [1.29, 1.82) is 0 Å². The van der Waals surface area contributed by atoms with Gasteiger partial charge in [-0.1, -0.05) is 27.7 Å². The van der Waals surface area contributed by atoms with Gasteiger partial charge in [0.1, 0.15) is 12.7 Å². The Labute approximate surface area is 139 Å². The third-order valence-electron chi connectivity index (χ3n) is 4.37. The summed E-state index contributed by atoms with van der Waals surface area (Å²) in [5.74, 6) is 0.625. The first kappa shape index (κ1) is 17.8. The molecular weight excluding hydrogens is 290 g/mol. The lowest BCUT2D eigenvalue weighted by atomic mass is 9.84. The molecule has 2 amide bonds. The van der Waals surface area contributed by atoms with Crippen LogP contribution in [-0.4, -0.2) is 45.3 Å². The van der Waals surface area contributed by atoms with Crippen molar-refractivity contribution in [2.75, 3.05) is 19.6 Å². The highest BCUT2D eigenvalue weighted by atomic mass is 16.2. The Kier molecular flexibility index (Phi) is 6.02. The van der Waals surface area contributed by atoms with Gasteiger partial charge in [-0.25, -0.2) is 14.5 Å². The zero-order valence-electron chi connectivity index (χ0n) is 15.0. The Bertz CT molecular complexity index is 480. The summed E-state index contributed by atoms with van der Waals surface area (Å²) in [6.45, 7) is 11.3. The number of piperidine rings is 1. The normalized spacial score (nSPS) is 20.3. The third-order valence-corrected chi connectivity index (χ3v) is 4.37. The van der Waals surface area contributed by atoms with Crippen LogP contribution in [0.1, 0.15) is 59.4 Å². The number of carbonyl (C=O) groups excluding carboxylic acids is 1.